The van der Waals surface area contributed by atoms with Crippen LogP contribution in [0.3, 0.4) is 0 Å². The van der Waals surface area contributed by atoms with Crippen LogP contribution in [0.4, 0.5) is 20.8 Å². The topological polar surface area (TPSA) is 96.5 Å². The normalized spacial score (nSPS) is 10.4. The first-order valence-electron chi connectivity index (χ1n) is 10.9. The number of carbonyl (C=O) groups is 3. The highest BCUT2D eigenvalue weighted by Gasteiger charge is 2.18. The van der Waals surface area contributed by atoms with Crippen LogP contribution in [0.25, 0.3) is 0 Å². The van der Waals surface area contributed by atoms with Crippen molar-refractivity contribution in [3.63, 3.8) is 0 Å². The molecule has 0 aliphatic rings. The first-order chi connectivity index (χ1) is 16.4. The van der Waals surface area contributed by atoms with E-state index in [1.54, 1.807) is 13.0 Å². The van der Waals surface area contributed by atoms with Crippen molar-refractivity contribution < 1.29 is 23.5 Å². The van der Waals surface area contributed by atoms with Gasteiger partial charge in [-0.25, -0.2) is 9.18 Å². The Bertz CT molecular complexity index is 1160. The Hall–Kier alpha value is -3.72. The van der Waals surface area contributed by atoms with Crippen molar-refractivity contribution in [3.05, 3.63) is 76.4 Å². The molecule has 0 aliphatic carbocycles. The van der Waals surface area contributed by atoms with Gasteiger partial charge in [0.15, 0.2) is 0 Å². The van der Waals surface area contributed by atoms with E-state index in [1.165, 1.54) is 29.5 Å². The van der Waals surface area contributed by atoms with Crippen LogP contribution in [0, 0.1) is 5.82 Å². The summed E-state index contributed by atoms with van der Waals surface area (Å²) in [6.45, 7) is 3.79. The van der Waals surface area contributed by atoms with Crippen LogP contribution in [0.2, 0.25) is 0 Å². The first-order valence-corrected chi connectivity index (χ1v) is 11.7. The number of halogens is 1. The molecular weight excluding hydrogens is 457 g/mol. The highest BCUT2D eigenvalue weighted by atomic mass is 32.1. The Kier molecular flexibility index (Phi) is 8.75. The molecule has 2 amide bonds. The Morgan fingerprint density at radius 3 is 2.44 bits per heavy atom. The zero-order chi connectivity index (χ0) is 24.5. The van der Waals surface area contributed by atoms with E-state index in [2.05, 4.69) is 16.0 Å². The standard InChI is InChI=1S/C25H26FN3O4S/c1-3-18-14-19(25(32)33-4-2)24(34-18)29-23(31)15-27-17-10-11-20(26)21(13-17)28-22(30)12-16-8-6-5-7-9-16/h5-11,13-14,27H,3-4,12,15H2,1-2H3,(H,28,30)(H,29,31). The summed E-state index contributed by atoms with van der Waals surface area (Å²) in [4.78, 5) is 37.9. The second-order valence-electron chi connectivity index (χ2n) is 7.34. The molecule has 0 radical (unpaired) electrons. The molecule has 7 nitrogen and oxygen atoms in total. The van der Waals surface area contributed by atoms with Crippen LogP contribution in [-0.4, -0.2) is 30.9 Å². The van der Waals surface area contributed by atoms with Gasteiger partial charge >= 0.3 is 5.97 Å². The molecule has 9 heteroatoms. The summed E-state index contributed by atoms with van der Waals surface area (Å²) in [5.41, 5.74) is 1.61. The van der Waals surface area contributed by atoms with Gasteiger partial charge in [0, 0.05) is 10.6 Å². The number of anilines is 3. The van der Waals surface area contributed by atoms with Crippen LogP contribution in [-0.2, 0) is 27.2 Å². The monoisotopic (exact) mass is 483 g/mol. The van der Waals surface area contributed by atoms with E-state index in [-0.39, 0.29) is 37.1 Å². The van der Waals surface area contributed by atoms with Gasteiger partial charge in [-0.15, -0.1) is 11.3 Å². The number of hydrogen-bond acceptors (Lipinski definition) is 6. The van der Waals surface area contributed by atoms with Crippen LogP contribution in [0.5, 0.6) is 0 Å². The molecule has 0 spiro atoms. The van der Waals surface area contributed by atoms with Crippen LogP contribution < -0.4 is 16.0 Å². The fraction of sp³-hybridized carbons (Fsp3) is 0.240. The number of aryl methyl sites for hydroxylation is 1. The number of esters is 1. The van der Waals surface area contributed by atoms with Crippen molar-refractivity contribution in [2.24, 2.45) is 0 Å². The van der Waals surface area contributed by atoms with E-state index < -0.39 is 11.8 Å². The molecule has 0 atom stereocenters. The summed E-state index contributed by atoms with van der Waals surface area (Å²) in [6, 6.07) is 15.0. The van der Waals surface area contributed by atoms with Crippen LogP contribution >= 0.6 is 11.3 Å². The first kappa shape index (κ1) is 24.9. The highest BCUT2D eigenvalue weighted by Crippen LogP contribution is 2.29. The molecule has 1 aromatic heterocycles. The Morgan fingerprint density at radius 1 is 0.971 bits per heavy atom. The third kappa shape index (κ3) is 6.89. The maximum Gasteiger partial charge on any atom is 0.341 e. The zero-order valence-electron chi connectivity index (χ0n) is 18.9. The van der Waals surface area contributed by atoms with Gasteiger partial charge in [0.25, 0.3) is 0 Å². The molecule has 0 aliphatic heterocycles. The highest BCUT2D eigenvalue weighted by molar-refractivity contribution is 7.16. The quantitative estimate of drug-likeness (QED) is 0.358. The third-order valence-electron chi connectivity index (χ3n) is 4.78. The van der Waals surface area contributed by atoms with E-state index in [1.807, 2.05) is 37.3 Å². The van der Waals surface area contributed by atoms with Crippen molar-refractivity contribution in [1.29, 1.82) is 0 Å². The molecular formula is C25H26FN3O4S. The van der Waals surface area contributed by atoms with Crippen LogP contribution in [0.1, 0.15) is 34.6 Å². The van der Waals surface area contributed by atoms with Crippen molar-refractivity contribution >= 4 is 45.5 Å². The number of benzene rings is 2. The molecule has 3 N–H and O–H groups in total. The van der Waals surface area contributed by atoms with E-state index in [9.17, 15) is 18.8 Å². The molecule has 0 saturated heterocycles. The molecule has 0 unspecified atom stereocenters. The average Bonchev–Trinajstić information content (AvgIpc) is 3.23. The molecule has 0 fully saturated rings. The zero-order valence-corrected chi connectivity index (χ0v) is 19.8. The molecule has 0 saturated carbocycles. The second-order valence-corrected chi connectivity index (χ2v) is 8.47. The summed E-state index contributed by atoms with van der Waals surface area (Å²) < 4.78 is 19.3. The number of hydrogen-bond donors (Lipinski definition) is 3. The summed E-state index contributed by atoms with van der Waals surface area (Å²) in [7, 11) is 0. The number of amides is 2. The lowest BCUT2D eigenvalue weighted by Crippen LogP contribution is -2.22. The molecule has 0 bridgehead atoms. The van der Waals surface area contributed by atoms with Crippen LogP contribution in [0.15, 0.2) is 54.6 Å². The van der Waals surface area contributed by atoms with E-state index in [0.717, 1.165) is 16.9 Å². The molecule has 178 valence electrons. The smallest absolute Gasteiger partial charge is 0.341 e. The predicted octanol–water partition coefficient (Wildman–Crippen LogP) is 4.86. The Balaban J connectivity index is 1.60. The Morgan fingerprint density at radius 2 is 1.74 bits per heavy atom. The largest absolute Gasteiger partial charge is 0.462 e. The van der Waals surface area contributed by atoms with Gasteiger partial charge in [0.2, 0.25) is 11.8 Å². The van der Waals surface area contributed by atoms with Crippen molar-refractivity contribution in [2.45, 2.75) is 26.7 Å². The van der Waals surface area contributed by atoms with Gasteiger partial charge in [0.05, 0.1) is 30.8 Å². The summed E-state index contributed by atoms with van der Waals surface area (Å²) in [5.74, 6) is -1.80. The minimum Gasteiger partial charge on any atom is -0.462 e. The maximum absolute atomic E-state index is 14.2. The predicted molar refractivity (Wildman–Crippen MR) is 132 cm³/mol. The number of rotatable bonds is 10. The van der Waals surface area contributed by atoms with E-state index in [0.29, 0.717) is 16.3 Å². The fourth-order valence-electron chi connectivity index (χ4n) is 3.13. The van der Waals surface area contributed by atoms with Crippen molar-refractivity contribution in [3.8, 4) is 0 Å². The fourth-order valence-corrected chi connectivity index (χ4v) is 4.13. The lowest BCUT2D eigenvalue weighted by atomic mass is 10.1. The minimum absolute atomic E-state index is 0.0155. The number of ether oxygens (including phenoxy) is 1. The number of thiophene rings is 1. The van der Waals surface area contributed by atoms with Crippen molar-refractivity contribution in [2.75, 3.05) is 29.1 Å². The maximum atomic E-state index is 14.2. The summed E-state index contributed by atoms with van der Waals surface area (Å²) in [5, 5.41) is 8.63. The average molecular weight is 484 g/mol. The minimum atomic E-state index is -0.582. The lowest BCUT2D eigenvalue weighted by molar-refractivity contribution is -0.116. The van der Waals surface area contributed by atoms with Crippen molar-refractivity contribution in [1.82, 2.24) is 0 Å². The molecule has 1 heterocycles. The van der Waals surface area contributed by atoms with Gasteiger partial charge in [-0.05, 0) is 43.2 Å². The second kappa shape index (κ2) is 11.9. The summed E-state index contributed by atoms with van der Waals surface area (Å²) in [6.07, 6.45) is 0.837. The SMILES string of the molecule is CCOC(=O)c1cc(CC)sc1NC(=O)CNc1ccc(F)c(NC(=O)Cc2ccccc2)c1. The van der Waals surface area contributed by atoms with Gasteiger partial charge in [-0.2, -0.15) is 0 Å². The third-order valence-corrected chi connectivity index (χ3v) is 5.98. The van der Waals surface area contributed by atoms with E-state index >= 15 is 0 Å². The molecule has 3 rings (SSSR count). The van der Waals surface area contributed by atoms with E-state index in [4.69, 9.17) is 4.74 Å². The lowest BCUT2D eigenvalue weighted by Gasteiger charge is -2.11. The van der Waals surface area contributed by atoms with Gasteiger partial charge in [-0.1, -0.05) is 37.3 Å². The summed E-state index contributed by atoms with van der Waals surface area (Å²) >= 11 is 1.32. The van der Waals surface area contributed by atoms with Gasteiger partial charge in [-0.3, -0.25) is 9.59 Å². The number of nitrogens with one attached hydrogen (secondary N) is 3. The molecule has 3 aromatic rings. The Labute approximate surface area is 201 Å². The number of carbonyl (C=O) groups excluding carboxylic acids is 3. The van der Waals surface area contributed by atoms with Gasteiger partial charge < -0.3 is 20.7 Å². The van der Waals surface area contributed by atoms with Gasteiger partial charge in [0.1, 0.15) is 10.8 Å². The molecule has 34 heavy (non-hydrogen) atoms. The molecule has 2 aromatic carbocycles.